The van der Waals surface area contributed by atoms with E-state index in [0.29, 0.717) is 37.4 Å². The summed E-state index contributed by atoms with van der Waals surface area (Å²) in [5, 5.41) is 16.5. The number of carbonyl (C=O) groups is 1. The van der Waals surface area contributed by atoms with Gasteiger partial charge in [-0.3, -0.25) is 9.48 Å². The molecule has 0 unspecified atom stereocenters. The van der Waals surface area contributed by atoms with Gasteiger partial charge in [-0.2, -0.15) is 5.10 Å². The summed E-state index contributed by atoms with van der Waals surface area (Å²) in [6, 6.07) is 13.3. The summed E-state index contributed by atoms with van der Waals surface area (Å²) in [7, 11) is 0. The van der Waals surface area contributed by atoms with Crippen molar-refractivity contribution in [3.05, 3.63) is 59.3 Å². The molecule has 0 aliphatic carbocycles. The zero-order valence-corrected chi connectivity index (χ0v) is 17.3. The molecule has 1 aliphatic heterocycles. The van der Waals surface area contributed by atoms with Crippen LogP contribution in [-0.4, -0.2) is 27.4 Å². The van der Waals surface area contributed by atoms with E-state index in [0.717, 1.165) is 33.8 Å². The molecule has 1 aliphatic rings. The number of nitrogens with zero attached hydrogens (tertiary/aromatic N) is 2. The lowest BCUT2D eigenvalue weighted by atomic mass is 10.0. The van der Waals surface area contributed by atoms with E-state index in [1.54, 1.807) is 0 Å². The zero-order valence-electron chi connectivity index (χ0n) is 17.3. The van der Waals surface area contributed by atoms with Crippen molar-refractivity contribution in [2.45, 2.75) is 32.9 Å². The van der Waals surface area contributed by atoms with Crippen LogP contribution in [0.1, 0.15) is 36.6 Å². The van der Waals surface area contributed by atoms with E-state index in [4.69, 9.17) is 20.7 Å². The van der Waals surface area contributed by atoms with Crippen molar-refractivity contribution in [1.82, 2.24) is 9.78 Å². The average molecular weight is 416 g/mol. The summed E-state index contributed by atoms with van der Waals surface area (Å²) in [5.74, 6) is 6.87. The Morgan fingerprint density at radius 1 is 1.29 bits per heavy atom. The molecule has 158 valence electrons. The van der Waals surface area contributed by atoms with Gasteiger partial charge in [0, 0.05) is 54.1 Å². The molecule has 2 heterocycles. The van der Waals surface area contributed by atoms with Crippen LogP contribution in [0.5, 0.6) is 5.75 Å². The molecule has 0 atom stereocenters. The minimum Gasteiger partial charge on any atom is -0.487 e. The Morgan fingerprint density at radius 3 is 2.97 bits per heavy atom. The number of carbonyl (C=O) groups excluding carboxylic acids is 1. The number of nitrogen functional groups attached to an aromatic ring is 1. The van der Waals surface area contributed by atoms with Crippen molar-refractivity contribution < 1.29 is 14.6 Å². The largest absolute Gasteiger partial charge is 0.487 e. The monoisotopic (exact) mass is 416 g/mol. The van der Waals surface area contributed by atoms with Crippen LogP contribution in [-0.2, 0) is 17.9 Å². The van der Waals surface area contributed by atoms with Gasteiger partial charge in [0.15, 0.2) is 0 Å². The zero-order chi connectivity index (χ0) is 21.8. The van der Waals surface area contributed by atoms with Gasteiger partial charge in [0.05, 0.1) is 17.9 Å². The maximum Gasteiger partial charge on any atom is 0.221 e. The fraction of sp³-hybridized carbons (Fsp3) is 0.250. The second-order valence-electron chi connectivity index (χ2n) is 7.40. The normalized spacial score (nSPS) is 11.9. The quantitative estimate of drug-likeness (QED) is 0.344. The van der Waals surface area contributed by atoms with Gasteiger partial charge < -0.3 is 20.9 Å². The number of aromatic nitrogens is 2. The second-order valence-corrected chi connectivity index (χ2v) is 7.40. The van der Waals surface area contributed by atoms with E-state index in [1.807, 2.05) is 47.1 Å². The third-order valence-electron chi connectivity index (χ3n) is 4.95. The first-order valence-electron chi connectivity index (χ1n) is 10.1. The molecule has 0 spiro atoms. The molecular weight excluding hydrogens is 392 g/mol. The predicted octanol–water partition coefficient (Wildman–Crippen LogP) is 3.16. The van der Waals surface area contributed by atoms with Crippen LogP contribution in [0.2, 0.25) is 0 Å². The van der Waals surface area contributed by atoms with Gasteiger partial charge in [-0.15, -0.1) is 0 Å². The van der Waals surface area contributed by atoms with Crippen molar-refractivity contribution in [3.63, 3.8) is 0 Å². The van der Waals surface area contributed by atoms with Gasteiger partial charge in [-0.1, -0.05) is 17.9 Å². The number of nitrogens with two attached hydrogens (primary N) is 1. The number of ether oxygens (including phenoxy) is 1. The third-order valence-corrected chi connectivity index (χ3v) is 4.95. The SMILES string of the molecule is CC(=O)Nc1ccc2c(c1)OCc1cc(-c3ccc(N)cc3C#CCCCO)nn1C2. The molecule has 4 rings (SSSR count). The van der Waals surface area contributed by atoms with Crippen LogP contribution < -0.4 is 15.8 Å². The van der Waals surface area contributed by atoms with E-state index in [-0.39, 0.29) is 12.5 Å². The van der Waals surface area contributed by atoms with Crippen LogP contribution >= 0.6 is 0 Å². The van der Waals surface area contributed by atoms with Gasteiger partial charge >= 0.3 is 0 Å². The fourth-order valence-electron chi connectivity index (χ4n) is 3.47. The number of fused-ring (bicyclic) bond motifs is 2. The smallest absolute Gasteiger partial charge is 0.221 e. The van der Waals surface area contributed by atoms with E-state index in [1.165, 1.54) is 6.92 Å². The number of anilines is 2. The Hall–Kier alpha value is -3.76. The van der Waals surface area contributed by atoms with Crippen LogP contribution in [0.25, 0.3) is 11.3 Å². The summed E-state index contributed by atoms with van der Waals surface area (Å²) in [5.41, 5.74) is 11.8. The molecule has 0 saturated heterocycles. The van der Waals surface area contributed by atoms with Crippen molar-refractivity contribution >= 4 is 17.3 Å². The number of aliphatic hydroxyl groups is 1. The van der Waals surface area contributed by atoms with Crippen molar-refractivity contribution in [2.24, 2.45) is 0 Å². The Balaban J connectivity index is 1.63. The van der Waals surface area contributed by atoms with Gasteiger partial charge in [-0.05, 0) is 36.8 Å². The molecule has 0 fully saturated rings. The number of unbranched alkanes of at least 4 members (excludes halogenated alkanes) is 1. The van der Waals surface area contributed by atoms with Gasteiger partial charge in [-0.25, -0.2) is 0 Å². The molecule has 4 N–H and O–H groups in total. The molecular formula is C24H24N4O3. The lowest BCUT2D eigenvalue weighted by Crippen LogP contribution is -2.06. The molecule has 0 saturated carbocycles. The minimum absolute atomic E-state index is 0.120. The average Bonchev–Trinajstić information content (AvgIpc) is 3.05. The number of rotatable bonds is 4. The van der Waals surface area contributed by atoms with E-state index in [9.17, 15) is 4.79 Å². The summed E-state index contributed by atoms with van der Waals surface area (Å²) >= 11 is 0. The lowest BCUT2D eigenvalue weighted by Gasteiger charge is -2.10. The molecule has 0 bridgehead atoms. The topological polar surface area (TPSA) is 102 Å². The van der Waals surface area contributed by atoms with E-state index < -0.39 is 0 Å². The Kier molecular flexibility index (Phi) is 5.92. The molecule has 2 aromatic carbocycles. The molecule has 0 radical (unpaired) electrons. The highest BCUT2D eigenvalue weighted by Crippen LogP contribution is 2.31. The fourth-order valence-corrected chi connectivity index (χ4v) is 3.47. The first kappa shape index (κ1) is 20.5. The van der Waals surface area contributed by atoms with Gasteiger partial charge in [0.2, 0.25) is 5.91 Å². The van der Waals surface area contributed by atoms with Gasteiger partial charge in [0.1, 0.15) is 12.4 Å². The molecule has 7 heteroatoms. The highest BCUT2D eigenvalue weighted by atomic mass is 16.5. The molecule has 1 amide bonds. The number of nitrogens with one attached hydrogen (secondary N) is 1. The summed E-state index contributed by atoms with van der Waals surface area (Å²) < 4.78 is 7.93. The molecule has 3 aromatic rings. The van der Waals surface area contributed by atoms with Crippen molar-refractivity contribution in [2.75, 3.05) is 17.7 Å². The standard InChI is InChI=1S/C24H24N4O3/c1-16(30)26-20-8-6-18-14-28-21(15-31-24(18)12-20)13-23(27-28)22-9-7-19(25)11-17(22)5-3-2-4-10-29/h6-9,11-13,29H,2,4,10,14-15,25H2,1H3,(H,26,30). The maximum absolute atomic E-state index is 11.3. The van der Waals surface area contributed by atoms with Crippen LogP contribution in [0.15, 0.2) is 42.5 Å². The van der Waals surface area contributed by atoms with E-state index in [2.05, 4.69) is 17.2 Å². The van der Waals surface area contributed by atoms with Crippen LogP contribution in [0, 0.1) is 11.8 Å². The van der Waals surface area contributed by atoms with Gasteiger partial charge in [0.25, 0.3) is 0 Å². The number of aliphatic hydroxyl groups excluding tert-OH is 1. The Morgan fingerprint density at radius 2 is 2.16 bits per heavy atom. The number of benzene rings is 2. The van der Waals surface area contributed by atoms with Crippen LogP contribution in [0.4, 0.5) is 11.4 Å². The summed E-state index contributed by atoms with van der Waals surface area (Å²) in [6.45, 7) is 2.54. The number of hydrogen-bond acceptors (Lipinski definition) is 5. The Labute approximate surface area is 180 Å². The first-order valence-corrected chi connectivity index (χ1v) is 10.1. The molecule has 31 heavy (non-hydrogen) atoms. The van der Waals surface area contributed by atoms with E-state index >= 15 is 0 Å². The highest BCUT2D eigenvalue weighted by molar-refractivity contribution is 5.89. The Bertz CT molecular complexity index is 1190. The second kappa shape index (κ2) is 8.94. The first-order chi connectivity index (χ1) is 15.0. The van der Waals surface area contributed by atoms with Crippen molar-refractivity contribution in [3.8, 4) is 28.8 Å². The minimum atomic E-state index is -0.120. The number of amides is 1. The number of hydrogen-bond donors (Lipinski definition) is 3. The van der Waals surface area contributed by atoms with Crippen molar-refractivity contribution in [1.29, 1.82) is 0 Å². The third kappa shape index (κ3) is 4.71. The molecule has 1 aromatic heterocycles. The predicted molar refractivity (Wildman–Crippen MR) is 119 cm³/mol. The van der Waals surface area contributed by atoms with Crippen LogP contribution in [0.3, 0.4) is 0 Å². The summed E-state index contributed by atoms with van der Waals surface area (Å²) in [6.07, 6.45) is 1.26. The highest BCUT2D eigenvalue weighted by Gasteiger charge is 2.18. The maximum atomic E-state index is 11.3. The summed E-state index contributed by atoms with van der Waals surface area (Å²) in [4.78, 5) is 11.3. The molecule has 7 nitrogen and oxygen atoms in total. The lowest BCUT2D eigenvalue weighted by molar-refractivity contribution is -0.114.